The Bertz CT molecular complexity index is 1660. The van der Waals surface area contributed by atoms with Crippen molar-refractivity contribution in [3.8, 4) is 18.1 Å². The number of rotatable bonds is 9. The number of nitriles is 2. The fraction of sp³-hybridized carbons (Fsp3) is 0.500. The Morgan fingerprint density at radius 3 is 2.64 bits per heavy atom. The molecule has 2 atom stereocenters. The van der Waals surface area contributed by atoms with Crippen LogP contribution >= 0.6 is 23.1 Å². The summed E-state index contributed by atoms with van der Waals surface area (Å²) < 4.78 is 6.00. The molecule has 0 aromatic carbocycles. The number of aliphatic hydroxyl groups excluding tert-OH is 1. The van der Waals surface area contributed by atoms with E-state index in [9.17, 15) is 15.6 Å². The standard InChI is InChI=1S/C30H36N10O2S2/c1-4-40(18(2)19-7-5-9-35-24(19)33)27-21(12-32)26(36-28(37-27)42-17-29(16-41)8-6-10-38(29)3)39-14-30(15-39)23-20(11-31)25(34)44-22(23)13-43-30/h5,7,9,18,41H,4,6,8,10,13-17,34H2,1-3H3,(H2,33,35)/t18-,29-/m1/s1. The monoisotopic (exact) mass is 632 g/mol. The van der Waals surface area contributed by atoms with Crippen LogP contribution in [0.1, 0.15) is 59.9 Å². The smallest absolute Gasteiger partial charge is 0.320 e. The van der Waals surface area contributed by atoms with Crippen LogP contribution in [0.3, 0.4) is 0 Å². The minimum absolute atomic E-state index is 0.0445. The zero-order valence-corrected chi connectivity index (χ0v) is 26.7. The number of hydrogen-bond donors (Lipinski definition) is 3. The summed E-state index contributed by atoms with van der Waals surface area (Å²) in [7, 11) is 1.99. The number of nitrogens with two attached hydrogens (primary N) is 2. The molecule has 6 heterocycles. The third-order valence-corrected chi connectivity index (χ3v) is 12.0. The number of anilines is 4. The van der Waals surface area contributed by atoms with E-state index in [0.717, 1.165) is 41.1 Å². The number of ether oxygens (including phenoxy) is 1. The van der Waals surface area contributed by atoms with Crippen LogP contribution in [-0.4, -0.2) is 76.9 Å². The first-order chi connectivity index (χ1) is 21.2. The maximum atomic E-state index is 10.6. The average Bonchev–Trinajstić information content (AvgIpc) is 3.66. The first kappa shape index (κ1) is 30.2. The van der Waals surface area contributed by atoms with Crippen LogP contribution in [0.5, 0.6) is 6.01 Å². The second kappa shape index (κ2) is 11.6. The molecular weight excluding hydrogens is 597 g/mol. The Morgan fingerprint density at radius 1 is 1.23 bits per heavy atom. The van der Waals surface area contributed by atoms with Gasteiger partial charge in [-0.05, 0) is 46.3 Å². The van der Waals surface area contributed by atoms with E-state index in [1.165, 1.54) is 11.3 Å². The van der Waals surface area contributed by atoms with E-state index >= 15 is 0 Å². The van der Waals surface area contributed by atoms with Gasteiger partial charge in [-0.2, -0.15) is 20.5 Å². The van der Waals surface area contributed by atoms with E-state index in [1.54, 1.807) is 6.20 Å². The molecule has 12 nitrogen and oxygen atoms in total. The van der Waals surface area contributed by atoms with Crippen molar-refractivity contribution in [2.24, 2.45) is 0 Å². The molecule has 3 aliphatic rings. The highest BCUT2D eigenvalue weighted by Crippen LogP contribution is 2.58. The van der Waals surface area contributed by atoms with Crippen LogP contribution in [-0.2, 0) is 10.5 Å². The van der Waals surface area contributed by atoms with Crippen LogP contribution in [0.4, 0.5) is 22.5 Å². The fourth-order valence-electron chi connectivity index (χ4n) is 6.71. The predicted molar refractivity (Wildman–Crippen MR) is 173 cm³/mol. The molecule has 0 bridgehead atoms. The zero-order chi connectivity index (χ0) is 31.2. The van der Waals surface area contributed by atoms with Gasteiger partial charge < -0.3 is 31.1 Å². The zero-order valence-electron chi connectivity index (χ0n) is 25.1. The highest BCUT2D eigenvalue weighted by atomic mass is 32.2. The lowest BCUT2D eigenvalue weighted by Crippen LogP contribution is -2.57. The van der Waals surface area contributed by atoms with Crippen molar-refractivity contribution >= 4 is 45.6 Å². The molecule has 44 heavy (non-hydrogen) atoms. The topological polar surface area (TPSA) is 177 Å². The molecule has 3 aromatic heterocycles. The fourth-order valence-corrected chi connectivity index (χ4v) is 9.52. The predicted octanol–water partition coefficient (Wildman–Crippen LogP) is 3.23. The minimum Gasteiger partial charge on any atom is -0.461 e. The van der Waals surface area contributed by atoms with Gasteiger partial charge in [0.05, 0.1) is 28.5 Å². The van der Waals surface area contributed by atoms with Gasteiger partial charge in [-0.15, -0.1) is 23.1 Å². The maximum absolute atomic E-state index is 10.6. The molecular formula is C30H36N10O2S2. The van der Waals surface area contributed by atoms with Crippen molar-refractivity contribution in [1.82, 2.24) is 19.9 Å². The summed E-state index contributed by atoms with van der Waals surface area (Å²) in [5.74, 6) is 2.15. The Kier molecular flexibility index (Phi) is 7.96. The molecule has 0 saturated carbocycles. The summed E-state index contributed by atoms with van der Waals surface area (Å²) >= 11 is 3.30. The minimum atomic E-state index is -0.524. The first-order valence-corrected chi connectivity index (χ1v) is 16.5. The second-order valence-electron chi connectivity index (χ2n) is 11.7. The Morgan fingerprint density at radius 2 is 2.00 bits per heavy atom. The van der Waals surface area contributed by atoms with E-state index < -0.39 is 5.54 Å². The second-order valence-corrected chi connectivity index (χ2v) is 14.2. The number of thiophene rings is 1. The number of aromatic nitrogens is 3. The third-order valence-electron chi connectivity index (χ3n) is 9.32. The highest BCUT2D eigenvalue weighted by Gasteiger charge is 2.53. The summed E-state index contributed by atoms with van der Waals surface area (Å²) in [6.45, 7) is 6.72. The third kappa shape index (κ3) is 4.77. The quantitative estimate of drug-likeness (QED) is 0.314. The largest absolute Gasteiger partial charge is 0.461 e. The van der Waals surface area contributed by atoms with E-state index in [-0.39, 0.29) is 30.0 Å². The number of aliphatic hydroxyl groups is 1. The van der Waals surface area contributed by atoms with Crippen molar-refractivity contribution in [2.75, 3.05) is 67.7 Å². The molecule has 230 valence electrons. The summed E-state index contributed by atoms with van der Waals surface area (Å²) in [5.41, 5.74) is 14.7. The highest BCUT2D eigenvalue weighted by molar-refractivity contribution is 8.00. The number of likely N-dealkylation sites (tertiary alicyclic amines) is 1. The van der Waals surface area contributed by atoms with Crippen LogP contribution in [0.2, 0.25) is 0 Å². The molecule has 2 saturated heterocycles. The molecule has 6 rings (SSSR count). The van der Waals surface area contributed by atoms with Gasteiger partial charge in [0, 0.05) is 47.6 Å². The van der Waals surface area contributed by atoms with Gasteiger partial charge in [0.15, 0.2) is 11.6 Å². The number of fused-ring (bicyclic) bond motifs is 2. The van der Waals surface area contributed by atoms with Crippen LogP contribution in [0.25, 0.3) is 0 Å². The lowest BCUT2D eigenvalue weighted by atomic mass is 9.88. The molecule has 0 radical (unpaired) electrons. The van der Waals surface area contributed by atoms with Gasteiger partial charge in [-0.1, -0.05) is 6.07 Å². The molecule has 0 aliphatic carbocycles. The van der Waals surface area contributed by atoms with Crippen molar-refractivity contribution in [1.29, 1.82) is 10.5 Å². The van der Waals surface area contributed by atoms with E-state index in [2.05, 4.69) is 26.9 Å². The summed E-state index contributed by atoms with van der Waals surface area (Å²) in [6.07, 6.45) is 3.42. The summed E-state index contributed by atoms with van der Waals surface area (Å²) in [5, 5.41) is 31.3. The van der Waals surface area contributed by atoms with Crippen LogP contribution in [0, 0.1) is 22.7 Å². The van der Waals surface area contributed by atoms with Crippen molar-refractivity contribution in [3.05, 3.63) is 45.5 Å². The van der Waals surface area contributed by atoms with Crippen molar-refractivity contribution in [2.45, 2.75) is 48.8 Å². The number of hydrogen-bond acceptors (Lipinski definition) is 14. The van der Waals surface area contributed by atoms with E-state index in [0.29, 0.717) is 53.2 Å². The van der Waals surface area contributed by atoms with Crippen LogP contribution < -0.4 is 26.0 Å². The van der Waals surface area contributed by atoms with Crippen molar-refractivity contribution in [3.63, 3.8) is 0 Å². The van der Waals surface area contributed by atoms with Gasteiger partial charge >= 0.3 is 6.01 Å². The Balaban J connectivity index is 1.40. The van der Waals surface area contributed by atoms with E-state index in [4.69, 9.17) is 26.2 Å². The van der Waals surface area contributed by atoms with Crippen LogP contribution in [0.15, 0.2) is 18.3 Å². The molecule has 5 N–H and O–H groups in total. The SMILES string of the molecule is CCN(c1nc(OC[C@]2(CO)CCCN2C)nc(N2CC3(C2)SCc2sc(N)c(C#N)c23)c1C#N)[C@H](C)c1cccnc1N. The number of nitrogens with zero attached hydrogens (tertiary/aromatic N) is 8. The summed E-state index contributed by atoms with van der Waals surface area (Å²) in [6, 6.07) is 8.37. The van der Waals surface area contributed by atoms with Crippen molar-refractivity contribution < 1.29 is 9.84 Å². The van der Waals surface area contributed by atoms with Gasteiger partial charge in [-0.3, -0.25) is 4.90 Å². The Hall–Kier alpha value is -3.82. The van der Waals surface area contributed by atoms with Gasteiger partial charge in [0.25, 0.3) is 0 Å². The lowest BCUT2D eigenvalue weighted by Gasteiger charge is -2.49. The average molecular weight is 633 g/mol. The number of likely N-dealkylation sites (N-methyl/N-ethyl adjacent to an activating group) is 1. The van der Waals surface area contributed by atoms with Gasteiger partial charge in [-0.25, -0.2) is 4.98 Å². The van der Waals surface area contributed by atoms with Gasteiger partial charge in [0.1, 0.15) is 35.1 Å². The number of thioether (sulfide) groups is 1. The molecule has 3 aliphatic heterocycles. The molecule has 14 heteroatoms. The number of nitrogen functional groups attached to an aromatic ring is 2. The molecule has 3 aromatic rings. The van der Waals surface area contributed by atoms with E-state index in [1.807, 2.05) is 49.7 Å². The molecule has 2 fully saturated rings. The molecule has 0 unspecified atom stereocenters. The lowest BCUT2D eigenvalue weighted by molar-refractivity contribution is 0.0362. The normalized spacial score (nSPS) is 21.0. The molecule has 0 amide bonds. The maximum Gasteiger partial charge on any atom is 0.320 e. The summed E-state index contributed by atoms with van der Waals surface area (Å²) in [4.78, 5) is 21.2. The Labute approximate surface area is 265 Å². The number of pyridine rings is 1. The molecule has 1 spiro atoms. The van der Waals surface area contributed by atoms with Gasteiger partial charge in [0.2, 0.25) is 0 Å². The first-order valence-electron chi connectivity index (χ1n) is 14.7.